The van der Waals surface area contributed by atoms with Gasteiger partial charge < -0.3 is 4.74 Å². The van der Waals surface area contributed by atoms with Crippen LogP contribution < -0.4 is 4.74 Å². The number of hydrogen-bond donors (Lipinski definition) is 0. The van der Waals surface area contributed by atoms with E-state index in [9.17, 15) is 5.26 Å². The van der Waals surface area contributed by atoms with Gasteiger partial charge in [0.1, 0.15) is 22.5 Å². The third-order valence-corrected chi connectivity index (χ3v) is 3.67. The topological polar surface area (TPSA) is 63.2 Å². The first-order valence-electron chi connectivity index (χ1n) is 6.22. The summed E-state index contributed by atoms with van der Waals surface area (Å²) in [4.78, 5) is 5.24. The van der Waals surface area contributed by atoms with E-state index in [-0.39, 0.29) is 0 Å². The van der Waals surface area contributed by atoms with Gasteiger partial charge in [-0.3, -0.25) is 0 Å². The molecule has 0 unspecified atom stereocenters. The molecule has 2 aromatic heterocycles. The highest BCUT2D eigenvalue weighted by Crippen LogP contribution is 2.27. The van der Waals surface area contributed by atoms with Crippen LogP contribution in [0.1, 0.15) is 17.6 Å². The molecule has 6 heteroatoms. The van der Waals surface area contributed by atoms with Crippen molar-refractivity contribution in [2.45, 2.75) is 13.8 Å². The molecule has 0 saturated carbocycles. The van der Waals surface area contributed by atoms with Crippen molar-refractivity contribution in [3.05, 3.63) is 35.0 Å². The second-order valence-corrected chi connectivity index (χ2v) is 5.35. The summed E-state index contributed by atoms with van der Waals surface area (Å²) in [6.07, 6.45) is 0. The number of imidazole rings is 1. The fourth-order valence-electron chi connectivity index (χ4n) is 2.02. The number of rotatable bonds is 3. The molecule has 2 heterocycles. The number of nitriles is 1. The second-order valence-electron chi connectivity index (χ2n) is 4.19. The Hall–Kier alpha value is -2.39. The molecule has 0 radical (unpaired) electrons. The van der Waals surface area contributed by atoms with Crippen LogP contribution in [0, 0.1) is 18.3 Å². The molecule has 0 atom stereocenters. The van der Waals surface area contributed by atoms with Crippen LogP contribution in [0.15, 0.2) is 24.3 Å². The molecule has 20 heavy (non-hydrogen) atoms. The summed E-state index contributed by atoms with van der Waals surface area (Å²) in [7, 11) is 0. The van der Waals surface area contributed by atoms with Gasteiger partial charge in [0, 0.05) is 5.56 Å². The fourth-order valence-corrected chi connectivity index (χ4v) is 2.76. The number of benzene rings is 1. The third kappa shape index (κ3) is 2.02. The Morgan fingerprint density at radius 1 is 1.35 bits per heavy atom. The molecule has 0 saturated heterocycles. The van der Waals surface area contributed by atoms with Crippen molar-refractivity contribution in [3.8, 4) is 23.1 Å². The minimum absolute atomic E-state index is 0.466. The van der Waals surface area contributed by atoms with Crippen molar-refractivity contribution < 1.29 is 4.74 Å². The summed E-state index contributed by atoms with van der Waals surface area (Å²) < 4.78 is 7.01. The highest BCUT2D eigenvalue weighted by Gasteiger charge is 2.16. The summed E-state index contributed by atoms with van der Waals surface area (Å²) in [5.74, 6) is 0.810. The molecule has 0 N–H and O–H groups in total. The Morgan fingerprint density at radius 2 is 2.10 bits per heavy atom. The lowest BCUT2D eigenvalue weighted by molar-refractivity contribution is 0.340. The largest absolute Gasteiger partial charge is 0.494 e. The maximum atomic E-state index is 9.34. The van der Waals surface area contributed by atoms with Gasteiger partial charge in [-0.15, -0.1) is 0 Å². The first-order valence-corrected chi connectivity index (χ1v) is 7.04. The first-order chi connectivity index (χ1) is 9.72. The Kier molecular flexibility index (Phi) is 3.12. The van der Waals surface area contributed by atoms with Gasteiger partial charge in [0.15, 0.2) is 5.69 Å². The van der Waals surface area contributed by atoms with Crippen LogP contribution in [0.4, 0.5) is 0 Å². The Balaban J connectivity index is 2.09. The number of aromatic nitrogens is 3. The second kappa shape index (κ2) is 4.94. The molecule has 1 aromatic carbocycles. The number of aryl methyl sites for hydroxylation is 1. The Labute approximate surface area is 120 Å². The van der Waals surface area contributed by atoms with Crippen LogP contribution in [-0.4, -0.2) is 21.2 Å². The van der Waals surface area contributed by atoms with Crippen molar-refractivity contribution in [2.24, 2.45) is 0 Å². The van der Waals surface area contributed by atoms with Gasteiger partial charge in [-0.1, -0.05) is 11.3 Å². The molecule has 100 valence electrons. The number of hydrogen-bond acceptors (Lipinski definition) is 5. The van der Waals surface area contributed by atoms with E-state index in [0.29, 0.717) is 18.0 Å². The van der Waals surface area contributed by atoms with E-state index in [4.69, 9.17) is 4.74 Å². The van der Waals surface area contributed by atoms with Crippen LogP contribution in [-0.2, 0) is 0 Å². The lowest BCUT2D eigenvalue weighted by Crippen LogP contribution is -1.92. The third-order valence-electron chi connectivity index (χ3n) is 2.85. The monoisotopic (exact) mass is 284 g/mol. The van der Waals surface area contributed by atoms with Gasteiger partial charge in [-0.25, -0.2) is 4.98 Å². The molecule has 5 nitrogen and oxygen atoms in total. The lowest BCUT2D eigenvalue weighted by atomic mass is 10.1. The molecular formula is C14H12N4OS. The molecule has 0 amide bonds. The molecule has 0 aliphatic heterocycles. The molecule has 3 aromatic rings. The molecule has 0 bridgehead atoms. The van der Waals surface area contributed by atoms with E-state index in [0.717, 1.165) is 21.3 Å². The zero-order valence-electron chi connectivity index (χ0n) is 11.1. The zero-order chi connectivity index (χ0) is 14.1. The van der Waals surface area contributed by atoms with E-state index in [1.807, 2.05) is 38.1 Å². The average Bonchev–Trinajstić information content (AvgIpc) is 2.95. The predicted octanol–water partition coefficient (Wildman–Crippen LogP) is 3.04. The molecule has 0 fully saturated rings. The summed E-state index contributed by atoms with van der Waals surface area (Å²) in [5, 5.41) is 14.5. The smallest absolute Gasteiger partial charge is 0.213 e. The average molecular weight is 284 g/mol. The number of nitrogens with zero attached hydrogens (tertiary/aromatic N) is 4. The van der Waals surface area contributed by atoms with Crippen molar-refractivity contribution >= 4 is 16.3 Å². The standard InChI is InChI=1S/C14H12N4OS/c1-3-19-11-6-4-10(5-7-11)13-12(8-15)18-14(16-13)20-9(2)17-18/h4-7H,3H2,1-2H3. The lowest BCUT2D eigenvalue weighted by Gasteiger charge is -2.03. The first kappa shape index (κ1) is 12.6. The van der Waals surface area contributed by atoms with Gasteiger partial charge in [-0.2, -0.15) is 14.9 Å². The zero-order valence-corrected chi connectivity index (χ0v) is 11.9. The summed E-state index contributed by atoms with van der Waals surface area (Å²) in [5.41, 5.74) is 2.02. The van der Waals surface area contributed by atoms with Gasteiger partial charge in [0.05, 0.1) is 6.61 Å². The normalized spacial score (nSPS) is 10.7. The van der Waals surface area contributed by atoms with E-state index in [1.54, 1.807) is 4.52 Å². The fraction of sp³-hybridized carbons (Fsp3) is 0.214. The predicted molar refractivity (Wildman–Crippen MR) is 76.9 cm³/mol. The van der Waals surface area contributed by atoms with Gasteiger partial charge in [-0.05, 0) is 38.1 Å². The highest BCUT2D eigenvalue weighted by molar-refractivity contribution is 7.16. The van der Waals surface area contributed by atoms with E-state index >= 15 is 0 Å². The van der Waals surface area contributed by atoms with Gasteiger partial charge in [0.2, 0.25) is 4.96 Å². The summed E-state index contributed by atoms with van der Waals surface area (Å²) in [6.45, 7) is 4.47. The molecule has 3 rings (SSSR count). The van der Waals surface area contributed by atoms with Crippen LogP contribution >= 0.6 is 11.3 Å². The van der Waals surface area contributed by atoms with Crippen LogP contribution in [0.5, 0.6) is 5.75 Å². The van der Waals surface area contributed by atoms with E-state index < -0.39 is 0 Å². The SMILES string of the molecule is CCOc1ccc(-c2nc3sc(C)nn3c2C#N)cc1. The molecule has 0 spiro atoms. The highest BCUT2D eigenvalue weighted by atomic mass is 32.1. The maximum absolute atomic E-state index is 9.34. The van der Waals surface area contributed by atoms with Crippen LogP contribution in [0.3, 0.4) is 0 Å². The Bertz CT molecular complexity index is 795. The van der Waals surface area contributed by atoms with Crippen molar-refractivity contribution in [3.63, 3.8) is 0 Å². The van der Waals surface area contributed by atoms with Crippen LogP contribution in [0.2, 0.25) is 0 Å². The van der Waals surface area contributed by atoms with E-state index in [1.165, 1.54) is 11.3 Å². The van der Waals surface area contributed by atoms with Gasteiger partial charge in [0.25, 0.3) is 0 Å². The Morgan fingerprint density at radius 3 is 2.75 bits per heavy atom. The summed E-state index contributed by atoms with van der Waals surface area (Å²) >= 11 is 1.47. The molecule has 0 aliphatic carbocycles. The van der Waals surface area contributed by atoms with Crippen molar-refractivity contribution in [2.75, 3.05) is 6.61 Å². The van der Waals surface area contributed by atoms with Crippen molar-refractivity contribution in [1.82, 2.24) is 14.6 Å². The van der Waals surface area contributed by atoms with E-state index in [2.05, 4.69) is 16.2 Å². The summed E-state index contributed by atoms with van der Waals surface area (Å²) in [6, 6.07) is 9.76. The van der Waals surface area contributed by atoms with Gasteiger partial charge >= 0.3 is 0 Å². The number of fused-ring (bicyclic) bond motifs is 1. The van der Waals surface area contributed by atoms with Crippen molar-refractivity contribution in [1.29, 1.82) is 5.26 Å². The molecule has 0 aliphatic rings. The van der Waals surface area contributed by atoms with Crippen LogP contribution in [0.25, 0.3) is 16.2 Å². The maximum Gasteiger partial charge on any atom is 0.213 e. The number of ether oxygens (including phenoxy) is 1. The quantitative estimate of drug-likeness (QED) is 0.741. The minimum atomic E-state index is 0.466. The molecular weight excluding hydrogens is 272 g/mol. The minimum Gasteiger partial charge on any atom is -0.494 e.